The van der Waals surface area contributed by atoms with Gasteiger partial charge in [0.25, 0.3) is 0 Å². The number of carbonyl (C=O) groups is 1. The first-order chi connectivity index (χ1) is 9.37. The first-order valence-electron chi connectivity index (χ1n) is 6.62. The number of aliphatic carboxylic acids is 1. The molecule has 1 aliphatic rings. The Morgan fingerprint density at radius 1 is 1.35 bits per heavy atom. The molecule has 0 radical (unpaired) electrons. The lowest BCUT2D eigenvalue weighted by Gasteiger charge is -2.39. The molecule has 0 saturated heterocycles. The average molecular weight is 279 g/mol. The molecular formula is C15H21NO4. The van der Waals surface area contributed by atoms with Gasteiger partial charge in [0.05, 0.1) is 20.6 Å². The highest BCUT2D eigenvalue weighted by atomic mass is 16.5. The summed E-state index contributed by atoms with van der Waals surface area (Å²) in [5, 5.41) is 12.4. The van der Waals surface area contributed by atoms with Crippen LogP contribution in [0.15, 0.2) is 12.1 Å². The second-order valence-electron chi connectivity index (χ2n) is 5.63. The lowest BCUT2D eigenvalue weighted by atomic mass is 9.81. The van der Waals surface area contributed by atoms with Gasteiger partial charge in [-0.05, 0) is 43.5 Å². The molecule has 110 valence electrons. The van der Waals surface area contributed by atoms with Gasteiger partial charge in [-0.25, -0.2) is 0 Å². The minimum absolute atomic E-state index is 0.0758. The molecule has 2 N–H and O–H groups in total. The van der Waals surface area contributed by atoms with E-state index in [4.69, 9.17) is 14.6 Å². The van der Waals surface area contributed by atoms with Gasteiger partial charge in [-0.3, -0.25) is 4.79 Å². The fraction of sp³-hybridized carbons (Fsp3) is 0.533. The molecule has 5 nitrogen and oxygen atoms in total. The lowest BCUT2D eigenvalue weighted by molar-refractivity contribution is -0.137. The summed E-state index contributed by atoms with van der Waals surface area (Å²) < 4.78 is 10.7. The van der Waals surface area contributed by atoms with Crippen molar-refractivity contribution in [1.82, 2.24) is 5.32 Å². The Bertz CT molecular complexity index is 525. The maximum absolute atomic E-state index is 10.9. The molecule has 0 aliphatic carbocycles. The van der Waals surface area contributed by atoms with E-state index in [0.717, 1.165) is 11.1 Å². The normalized spacial score (nSPS) is 20.1. The second-order valence-corrected chi connectivity index (χ2v) is 5.63. The molecule has 0 spiro atoms. The van der Waals surface area contributed by atoms with Crippen molar-refractivity contribution in [2.75, 3.05) is 14.2 Å². The van der Waals surface area contributed by atoms with Gasteiger partial charge in [0.2, 0.25) is 0 Å². The van der Waals surface area contributed by atoms with E-state index in [2.05, 4.69) is 5.32 Å². The van der Waals surface area contributed by atoms with Crippen LogP contribution in [0.3, 0.4) is 0 Å². The zero-order valence-electron chi connectivity index (χ0n) is 12.3. The van der Waals surface area contributed by atoms with Gasteiger partial charge in [0.1, 0.15) is 0 Å². The highest BCUT2D eigenvalue weighted by Crippen LogP contribution is 2.38. The number of nitrogens with one attached hydrogen (secondary N) is 1. The number of rotatable bonds is 4. The monoisotopic (exact) mass is 279 g/mol. The van der Waals surface area contributed by atoms with E-state index in [-0.39, 0.29) is 18.0 Å². The molecule has 20 heavy (non-hydrogen) atoms. The molecule has 1 aromatic rings. The summed E-state index contributed by atoms with van der Waals surface area (Å²) in [6.45, 7) is 4.09. The zero-order chi connectivity index (χ0) is 14.9. The van der Waals surface area contributed by atoms with Crippen molar-refractivity contribution >= 4 is 5.97 Å². The smallest absolute Gasteiger partial charge is 0.304 e. The zero-order valence-corrected chi connectivity index (χ0v) is 12.3. The summed E-state index contributed by atoms with van der Waals surface area (Å²) in [5.74, 6) is 0.582. The molecular weight excluding hydrogens is 258 g/mol. The van der Waals surface area contributed by atoms with Gasteiger partial charge < -0.3 is 19.9 Å². The van der Waals surface area contributed by atoms with Crippen LogP contribution < -0.4 is 14.8 Å². The number of fused-ring (bicyclic) bond motifs is 1. The van der Waals surface area contributed by atoms with E-state index in [1.807, 2.05) is 26.0 Å². The van der Waals surface area contributed by atoms with Crippen molar-refractivity contribution in [3.8, 4) is 11.5 Å². The maximum Gasteiger partial charge on any atom is 0.304 e. The van der Waals surface area contributed by atoms with Crippen LogP contribution in [-0.2, 0) is 16.8 Å². The molecule has 0 fully saturated rings. The molecule has 1 unspecified atom stereocenters. The number of hydrogen-bond donors (Lipinski definition) is 2. The summed E-state index contributed by atoms with van der Waals surface area (Å²) in [7, 11) is 3.21. The van der Waals surface area contributed by atoms with E-state index < -0.39 is 5.97 Å². The van der Waals surface area contributed by atoms with Gasteiger partial charge in [-0.15, -0.1) is 0 Å². The van der Waals surface area contributed by atoms with Crippen LogP contribution in [-0.4, -0.2) is 31.3 Å². The molecule has 1 atom stereocenters. The molecule has 5 heteroatoms. The van der Waals surface area contributed by atoms with Crippen LogP contribution in [0.5, 0.6) is 11.5 Å². The van der Waals surface area contributed by atoms with Crippen molar-refractivity contribution in [1.29, 1.82) is 0 Å². The number of hydrogen-bond acceptors (Lipinski definition) is 4. The molecule has 1 aliphatic heterocycles. The average Bonchev–Trinajstić information content (AvgIpc) is 2.35. The molecule has 2 rings (SSSR count). The Labute approximate surface area is 118 Å². The van der Waals surface area contributed by atoms with Crippen LogP contribution >= 0.6 is 0 Å². The summed E-state index contributed by atoms with van der Waals surface area (Å²) >= 11 is 0. The van der Waals surface area contributed by atoms with Crippen molar-refractivity contribution in [3.05, 3.63) is 23.3 Å². The fourth-order valence-corrected chi connectivity index (χ4v) is 2.91. The van der Waals surface area contributed by atoms with Crippen molar-refractivity contribution in [2.24, 2.45) is 0 Å². The topological polar surface area (TPSA) is 67.8 Å². The number of benzene rings is 1. The number of methoxy groups -OCH3 is 2. The SMILES string of the molecule is COc1cc2c(cc1OC)C(C)(C)NC(CC(=O)O)C2. The number of carboxylic acids is 1. The fourth-order valence-electron chi connectivity index (χ4n) is 2.91. The van der Waals surface area contributed by atoms with E-state index in [9.17, 15) is 4.79 Å². The Hall–Kier alpha value is -1.75. The molecule has 0 saturated carbocycles. The van der Waals surface area contributed by atoms with Crippen LogP contribution in [0.2, 0.25) is 0 Å². The number of carboxylic acid groups (broad SMARTS) is 1. The van der Waals surface area contributed by atoms with Crippen molar-refractivity contribution in [3.63, 3.8) is 0 Å². The summed E-state index contributed by atoms with van der Waals surface area (Å²) in [5.41, 5.74) is 1.93. The lowest BCUT2D eigenvalue weighted by Crippen LogP contribution is -2.50. The van der Waals surface area contributed by atoms with Gasteiger partial charge in [-0.2, -0.15) is 0 Å². The van der Waals surface area contributed by atoms with Crippen molar-refractivity contribution in [2.45, 2.75) is 38.3 Å². The van der Waals surface area contributed by atoms with Gasteiger partial charge in [0, 0.05) is 11.6 Å². The molecule has 0 amide bonds. The van der Waals surface area contributed by atoms with E-state index >= 15 is 0 Å². The summed E-state index contributed by atoms with van der Waals surface area (Å²) in [6.07, 6.45) is 0.780. The highest BCUT2D eigenvalue weighted by molar-refractivity contribution is 5.68. The third-order valence-corrected chi connectivity index (χ3v) is 3.74. The predicted octanol–water partition coefficient (Wildman–Crippen LogP) is 1.93. The highest BCUT2D eigenvalue weighted by Gasteiger charge is 2.34. The first-order valence-corrected chi connectivity index (χ1v) is 6.62. The summed E-state index contributed by atoms with van der Waals surface area (Å²) in [6, 6.07) is 3.84. The van der Waals surface area contributed by atoms with E-state index in [0.29, 0.717) is 17.9 Å². The standard InChI is InChI=1S/C15H21NO4/c1-15(2)11-8-13(20-4)12(19-3)6-9(11)5-10(16-15)7-14(17)18/h6,8,10,16H,5,7H2,1-4H3,(H,17,18). The maximum atomic E-state index is 10.9. The largest absolute Gasteiger partial charge is 0.493 e. The van der Waals surface area contributed by atoms with Crippen LogP contribution in [0.25, 0.3) is 0 Å². The number of ether oxygens (including phenoxy) is 2. The summed E-state index contributed by atoms with van der Waals surface area (Å²) in [4.78, 5) is 10.9. The Kier molecular flexibility index (Phi) is 3.90. The third kappa shape index (κ3) is 2.72. The predicted molar refractivity (Wildman–Crippen MR) is 75.5 cm³/mol. The Morgan fingerprint density at radius 2 is 1.95 bits per heavy atom. The Morgan fingerprint density at radius 3 is 2.50 bits per heavy atom. The quantitative estimate of drug-likeness (QED) is 0.881. The van der Waals surface area contributed by atoms with Crippen LogP contribution in [0, 0.1) is 0 Å². The van der Waals surface area contributed by atoms with Crippen molar-refractivity contribution < 1.29 is 19.4 Å². The second kappa shape index (κ2) is 5.32. The molecule has 0 bridgehead atoms. The van der Waals surface area contributed by atoms with Crippen LogP contribution in [0.4, 0.5) is 0 Å². The third-order valence-electron chi connectivity index (χ3n) is 3.74. The van der Waals surface area contributed by atoms with Gasteiger partial charge in [-0.1, -0.05) is 0 Å². The van der Waals surface area contributed by atoms with E-state index in [1.165, 1.54) is 0 Å². The first kappa shape index (κ1) is 14.7. The molecule has 0 aromatic heterocycles. The van der Waals surface area contributed by atoms with Gasteiger partial charge >= 0.3 is 5.97 Å². The molecule has 1 heterocycles. The van der Waals surface area contributed by atoms with Gasteiger partial charge in [0.15, 0.2) is 11.5 Å². The minimum atomic E-state index is -0.790. The van der Waals surface area contributed by atoms with E-state index in [1.54, 1.807) is 14.2 Å². The van der Waals surface area contributed by atoms with Crippen LogP contribution in [0.1, 0.15) is 31.4 Å². The minimum Gasteiger partial charge on any atom is -0.493 e. The molecule has 1 aromatic carbocycles. The Balaban J connectivity index is 2.43.